The molecule has 2 aliphatic rings. The third-order valence-corrected chi connectivity index (χ3v) is 6.68. The summed E-state index contributed by atoms with van der Waals surface area (Å²) in [5.41, 5.74) is 6.38. The number of benzene rings is 3. The predicted octanol–water partition coefficient (Wildman–Crippen LogP) is 2.78. The highest BCUT2D eigenvalue weighted by Gasteiger charge is 2.40. The van der Waals surface area contributed by atoms with Crippen LogP contribution >= 0.6 is 0 Å². The maximum absolute atomic E-state index is 14.7. The van der Waals surface area contributed by atoms with Crippen LogP contribution in [0.25, 0.3) is 0 Å². The van der Waals surface area contributed by atoms with Crippen molar-refractivity contribution in [2.45, 2.75) is 0 Å². The number of nitrogens with one attached hydrogen (secondary N) is 3. The lowest BCUT2D eigenvalue weighted by atomic mass is 10.1. The summed E-state index contributed by atoms with van der Waals surface area (Å²) >= 11 is 0. The molecule has 5 rings (SSSR count). The van der Waals surface area contributed by atoms with Crippen LogP contribution < -0.4 is 49.7 Å². The van der Waals surface area contributed by atoms with Gasteiger partial charge in [0.1, 0.15) is 11.4 Å². The number of para-hydroxylation sites is 1. The first kappa shape index (κ1) is 29.6. The number of rotatable bonds is 10. The van der Waals surface area contributed by atoms with Crippen LogP contribution in [0.5, 0.6) is 34.5 Å². The maximum atomic E-state index is 14.7. The number of amidine groups is 1. The Morgan fingerprint density at radius 1 is 0.750 bits per heavy atom. The number of hydrogen-bond donors (Lipinski definition) is 3. The Morgan fingerprint density at radius 2 is 1.27 bits per heavy atom. The van der Waals surface area contributed by atoms with Gasteiger partial charge in [-0.05, 0) is 36.4 Å². The van der Waals surface area contributed by atoms with Gasteiger partial charge in [0, 0.05) is 11.1 Å². The van der Waals surface area contributed by atoms with Crippen LogP contribution in [0.2, 0.25) is 0 Å². The van der Waals surface area contributed by atoms with Gasteiger partial charge in [0.2, 0.25) is 17.3 Å². The van der Waals surface area contributed by atoms with E-state index in [1.165, 1.54) is 85.1 Å². The first-order valence-electron chi connectivity index (χ1n) is 12.9. The van der Waals surface area contributed by atoms with Crippen LogP contribution in [0.1, 0.15) is 20.7 Å². The molecule has 15 heteroatoms. The molecular formula is C29H29FN6O8. The van der Waals surface area contributed by atoms with Crippen LogP contribution in [-0.2, 0) is 0 Å². The number of amides is 2. The van der Waals surface area contributed by atoms with Crippen LogP contribution in [0, 0.1) is 5.82 Å². The third kappa shape index (κ3) is 5.14. The van der Waals surface area contributed by atoms with Gasteiger partial charge in [0.15, 0.2) is 34.6 Å². The number of hydrazine groups is 2. The highest BCUT2D eigenvalue weighted by molar-refractivity contribution is 6.15. The lowest BCUT2D eigenvalue weighted by molar-refractivity contribution is 0.0804. The molecule has 0 spiro atoms. The highest BCUT2D eigenvalue weighted by atomic mass is 19.1. The van der Waals surface area contributed by atoms with Crippen LogP contribution in [-0.4, -0.2) is 65.3 Å². The summed E-state index contributed by atoms with van der Waals surface area (Å²) in [6, 6.07) is 11.8. The summed E-state index contributed by atoms with van der Waals surface area (Å²) in [5, 5.41) is 9.41. The quantitative estimate of drug-likeness (QED) is 0.313. The van der Waals surface area contributed by atoms with Gasteiger partial charge >= 0.3 is 0 Å². The molecule has 0 saturated carbocycles. The zero-order valence-electron chi connectivity index (χ0n) is 24.6. The zero-order valence-corrected chi connectivity index (χ0v) is 24.6. The van der Waals surface area contributed by atoms with Crippen molar-refractivity contribution in [1.82, 2.24) is 21.2 Å². The third-order valence-electron chi connectivity index (χ3n) is 6.68. The van der Waals surface area contributed by atoms with Crippen LogP contribution in [0.4, 0.5) is 10.1 Å². The average molecular weight is 609 g/mol. The Balaban J connectivity index is 1.53. The van der Waals surface area contributed by atoms with E-state index >= 15 is 0 Å². The molecule has 0 atom stereocenters. The smallest absolute Gasteiger partial charge is 0.278 e. The van der Waals surface area contributed by atoms with E-state index < -0.39 is 17.6 Å². The monoisotopic (exact) mass is 608 g/mol. The van der Waals surface area contributed by atoms with Gasteiger partial charge in [0.05, 0.1) is 42.7 Å². The molecule has 230 valence electrons. The molecule has 0 radical (unpaired) electrons. The number of carbonyl (C=O) groups excluding carboxylic acids is 2. The van der Waals surface area contributed by atoms with Gasteiger partial charge in [-0.3, -0.25) is 20.4 Å². The van der Waals surface area contributed by atoms with Gasteiger partial charge in [-0.15, -0.1) is 5.10 Å². The first-order chi connectivity index (χ1) is 21.3. The molecule has 44 heavy (non-hydrogen) atoms. The maximum Gasteiger partial charge on any atom is 0.278 e. The number of hydrogen-bond acceptors (Lipinski definition) is 12. The predicted molar refractivity (Wildman–Crippen MR) is 155 cm³/mol. The standard InChI is InChI=1S/C29H29FN6O8/c1-39-19-11-15(12-20(40-2)24(19)43-5)28(37)31-26-23-27(34-36(32-23)18-10-8-7-9-17(18)30)35(33-26)29(38)16-13-21(41-3)25(44-6)22(14-16)42-4/h7-14,32-33H,1-6H3,(H,31,37). The number of ether oxygens (including phenoxy) is 6. The molecule has 2 aliphatic heterocycles. The molecule has 3 aromatic rings. The van der Waals surface area contributed by atoms with Gasteiger partial charge in [-0.2, -0.15) is 10.1 Å². The van der Waals surface area contributed by atoms with Crippen molar-refractivity contribution in [2.24, 2.45) is 5.10 Å². The number of nitrogens with zero attached hydrogens (tertiary/aromatic N) is 3. The lowest BCUT2D eigenvalue weighted by Crippen LogP contribution is -2.44. The van der Waals surface area contributed by atoms with Crippen molar-refractivity contribution < 1.29 is 42.4 Å². The second kappa shape index (κ2) is 12.2. The fourth-order valence-corrected chi connectivity index (χ4v) is 4.58. The van der Waals surface area contributed by atoms with Gasteiger partial charge in [0.25, 0.3) is 11.8 Å². The largest absolute Gasteiger partial charge is 0.493 e. The minimum Gasteiger partial charge on any atom is -0.493 e. The molecule has 14 nitrogen and oxygen atoms in total. The van der Waals surface area contributed by atoms with E-state index in [0.29, 0.717) is 11.5 Å². The Hall–Kier alpha value is -5.86. The number of carbonyl (C=O) groups is 2. The normalized spacial score (nSPS) is 13.4. The molecule has 0 unspecified atom stereocenters. The van der Waals surface area contributed by atoms with E-state index in [1.807, 2.05) is 0 Å². The summed E-state index contributed by atoms with van der Waals surface area (Å²) in [6.45, 7) is 0. The summed E-state index contributed by atoms with van der Waals surface area (Å²) in [6.07, 6.45) is 0. The van der Waals surface area contributed by atoms with Crippen LogP contribution in [0.3, 0.4) is 0 Å². The van der Waals surface area contributed by atoms with Gasteiger partial charge in [-0.1, -0.05) is 12.1 Å². The number of halogens is 1. The van der Waals surface area contributed by atoms with Gasteiger partial charge < -0.3 is 33.7 Å². The van der Waals surface area contributed by atoms with Crippen molar-refractivity contribution in [1.29, 1.82) is 0 Å². The van der Waals surface area contributed by atoms with E-state index in [-0.39, 0.29) is 57.2 Å². The van der Waals surface area contributed by atoms with E-state index in [0.717, 1.165) is 10.1 Å². The number of methoxy groups -OCH3 is 6. The molecule has 3 N–H and O–H groups in total. The minimum atomic E-state index is -0.602. The topological polar surface area (TPSA) is 144 Å². The number of anilines is 1. The van der Waals surface area contributed by atoms with Gasteiger partial charge in [-0.25, -0.2) is 4.39 Å². The second-order valence-corrected chi connectivity index (χ2v) is 9.08. The molecule has 0 bridgehead atoms. The average Bonchev–Trinajstić information content (AvgIpc) is 3.63. The Bertz CT molecular complexity index is 1640. The van der Waals surface area contributed by atoms with Crippen molar-refractivity contribution in [2.75, 3.05) is 47.8 Å². The fourth-order valence-electron chi connectivity index (χ4n) is 4.58. The Kier molecular flexibility index (Phi) is 8.19. The van der Waals surface area contributed by atoms with E-state index in [4.69, 9.17) is 28.4 Å². The minimum absolute atomic E-state index is 0.0483. The molecular weight excluding hydrogens is 579 g/mol. The summed E-state index contributed by atoms with van der Waals surface area (Å²) in [7, 11) is 8.59. The zero-order chi connectivity index (χ0) is 31.5. The summed E-state index contributed by atoms with van der Waals surface area (Å²) in [5.74, 6) is -0.0265. The van der Waals surface area contributed by atoms with Crippen LogP contribution in [0.15, 0.2) is 65.2 Å². The molecule has 3 aromatic carbocycles. The molecule has 2 heterocycles. The molecule has 0 aliphatic carbocycles. The molecule has 0 fully saturated rings. The van der Waals surface area contributed by atoms with E-state index in [9.17, 15) is 14.0 Å². The summed E-state index contributed by atoms with van der Waals surface area (Å²) in [4.78, 5) is 27.4. The molecule has 2 amide bonds. The molecule has 0 saturated heterocycles. The first-order valence-corrected chi connectivity index (χ1v) is 12.9. The van der Waals surface area contributed by atoms with E-state index in [2.05, 4.69) is 21.3 Å². The van der Waals surface area contributed by atoms with Crippen molar-refractivity contribution in [3.63, 3.8) is 0 Å². The van der Waals surface area contributed by atoms with Crippen molar-refractivity contribution in [3.05, 3.63) is 77.0 Å². The van der Waals surface area contributed by atoms with E-state index in [1.54, 1.807) is 6.07 Å². The highest BCUT2D eigenvalue weighted by Crippen LogP contribution is 2.40. The lowest BCUT2D eigenvalue weighted by Gasteiger charge is -2.21. The SMILES string of the molecule is COc1cc(C(=O)NC2=C3NN(c4ccccc4F)N=C3N(C(=O)c3cc(OC)c(OC)c(OC)c3)N2)cc(OC)c1OC. The second-order valence-electron chi connectivity index (χ2n) is 9.08. The Labute approximate surface area is 251 Å². The van der Waals surface area contributed by atoms with Crippen molar-refractivity contribution in [3.8, 4) is 34.5 Å². The number of hydrazone groups is 1. The molecule has 0 aromatic heterocycles. The Morgan fingerprint density at radius 3 is 1.77 bits per heavy atom. The fraction of sp³-hybridized carbons (Fsp3) is 0.207. The number of fused-ring (bicyclic) bond motifs is 1. The summed E-state index contributed by atoms with van der Waals surface area (Å²) < 4.78 is 46.9. The van der Waals surface area contributed by atoms with Crippen molar-refractivity contribution >= 4 is 23.3 Å².